The number of hydrogen-bond donors (Lipinski definition) is 1. The number of nitrogens with zero attached hydrogens (tertiary/aromatic N) is 2. The van der Waals surface area contributed by atoms with Gasteiger partial charge >= 0.3 is 0 Å². The van der Waals surface area contributed by atoms with Gasteiger partial charge in [0.2, 0.25) is 0 Å². The van der Waals surface area contributed by atoms with Crippen molar-refractivity contribution in [1.29, 1.82) is 0 Å². The van der Waals surface area contributed by atoms with Crippen LogP contribution in [0.1, 0.15) is 38.9 Å². The Bertz CT molecular complexity index is 2530. The lowest BCUT2D eigenvalue weighted by Gasteiger charge is -2.15. The van der Waals surface area contributed by atoms with Gasteiger partial charge in [-0.1, -0.05) is 127 Å². The Morgan fingerprint density at radius 1 is 0.446 bits per heavy atom. The Kier molecular flexibility index (Phi) is 10.6. The van der Waals surface area contributed by atoms with Crippen molar-refractivity contribution in [2.45, 2.75) is 46.5 Å². The molecule has 274 valence electrons. The van der Waals surface area contributed by atoms with E-state index in [1.54, 1.807) is 12.3 Å². The molecule has 1 N–H and O–H groups in total. The summed E-state index contributed by atoms with van der Waals surface area (Å²) in [4.78, 5) is 24.8. The molecule has 56 heavy (non-hydrogen) atoms. The molecule has 0 saturated heterocycles. The molecular formula is C52H45N3O. The number of aromatic amines is 1. The minimum atomic E-state index is 0.0389. The first-order valence-electron chi connectivity index (χ1n) is 19.4. The smallest absolute Gasteiger partial charge is 0.185 e. The highest BCUT2D eigenvalue weighted by Crippen LogP contribution is 2.35. The SMILES string of the molecule is Cc1ccc(-c2ccc(CCc3cc(CCc4ccc(-c5ccc(C)cn5)cc4)cc(-c4ccccc4-c4ccc(-c5cc(=O)c(C)c[nH]5)cc4)c3)cc2)nc1. The fourth-order valence-corrected chi connectivity index (χ4v) is 7.27. The van der Waals surface area contributed by atoms with Crippen LogP contribution in [0.5, 0.6) is 0 Å². The summed E-state index contributed by atoms with van der Waals surface area (Å²) in [6, 6.07) is 52.1. The Hall–Kier alpha value is -6.65. The summed E-state index contributed by atoms with van der Waals surface area (Å²) < 4.78 is 0. The first-order valence-corrected chi connectivity index (χ1v) is 19.4. The van der Waals surface area contributed by atoms with Crippen LogP contribution in [-0.4, -0.2) is 15.0 Å². The molecule has 0 saturated carbocycles. The zero-order chi connectivity index (χ0) is 38.4. The topological polar surface area (TPSA) is 58.6 Å². The fourth-order valence-electron chi connectivity index (χ4n) is 7.27. The van der Waals surface area contributed by atoms with Crippen LogP contribution in [0, 0.1) is 20.8 Å². The van der Waals surface area contributed by atoms with Crippen LogP contribution in [-0.2, 0) is 25.7 Å². The van der Waals surface area contributed by atoms with Gasteiger partial charge in [-0.15, -0.1) is 0 Å². The summed E-state index contributed by atoms with van der Waals surface area (Å²) >= 11 is 0. The Balaban J connectivity index is 1.07. The van der Waals surface area contributed by atoms with Crippen LogP contribution >= 0.6 is 0 Å². The molecule has 8 aromatic rings. The van der Waals surface area contributed by atoms with Crippen molar-refractivity contribution in [3.63, 3.8) is 0 Å². The quantitative estimate of drug-likeness (QED) is 0.144. The largest absolute Gasteiger partial charge is 0.361 e. The van der Waals surface area contributed by atoms with Crippen molar-refractivity contribution in [3.05, 3.63) is 213 Å². The normalized spacial score (nSPS) is 11.1. The van der Waals surface area contributed by atoms with Crippen LogP contribution < -0.4 is 5.43 Å². The van der Waals surface area contributed by atoms with E-state index in [9.17, 15) is 4.79 Å². The van der Waals surface area contributed by atoms with E-state index < -0.39 is 0 Å². The van der Waals surface area contributed by atoms with Crippen LogP contribution in [0.4, 0.5) is 0 Å². The van der Waals surface area contributed by atoms with Crippen molar-refractivity contribution in [3.8, 4) is 56.0 Å². The second-order valence-corrected chi connectivity index (χ2v) is 14.9. The van der Waals surface area contributed by atoms with Crippen molar-refractivity contribution in [1.82, 2.24) is 15.0 Å². The third-order valence-electron chi connectivity index (χ3n) is 10.6. The molecule has 0 aliphatic rings. The maximum absolute atomic E-state index is 12.3. The second-order valence-electron chi connectivity index (χ2n) is 14.9. The number of pyridine rings is 3. The van der Waals surface area contributed by atoms with Gasteiger partial charge in [-0.3, -0.25) is 14.8 Å². The molecule has 0 amide bonds. The Labute approximate surface area is 329 Å². The molecule has 3 aromatic heterocycles. The predicted molar refractivity (Wildman–Crippen MR) is 232 cm³/mol. The molecule has 0 aliphatic heterocycles. The average molecular weight is 728 g/mol. The van der Waals surface area contributed by atoms with Crippen LogP contribution in [0.25, 0.3) is 56.0 Å². The second kappa shape index (κ2) is 16.4. The first-order chi connectivity index (χ1) is 27.3. The highest BCUT2D eigenvalue weighted by atomic mass is 16.1. The van der Waals surface area contributed by atoms with Gasteiger partial charge in [-0.25, -0.2) is 0 Å². The maximum Gasteiger partial charge on any atom is 0.185 e. The number of H-pyrrole nitrogens is 1. The van der Waals surface area contributed by atoms with Crippen LogP contribution in [0.15, 0.2) is 169 Å². The van der Waals surface area contributed by atoms with E-state index in [1.165, 1.54) is 38.9 Å². The molecule has 8 rings (SSSR count). The van der Waals surface area contributed by atoms with Crippen molar-refractivity contribution < 1.29 is 0 Å². The Morgan fingerprint density at radius 3 is 1.39 bits per heavy atom. The van der Waals surface area contributed by atoms with Crippen molar-refractivity contribution >= 4 is 0 Å². The van der Waals surface area contributed by atoms with E-state index in [1.807, 2.05) is 19.3 Å². The molecule has 4 nitrogen and oxygen atoms in total. The van der Waals surface area contributed by atoms with E-state index in [-0.39, 0.29) is 5.43 Å². The molecule has 3 heterocycles. The van der Waals surface area contributed by atoms with Crippen LogP contribution in [0.2, 0.25) is 0 Å². The van der Waals surface area contributed by atoms with E-state index in [4.69, 9.17) is 0 Å². The van der Waals surface area contributed by atoms with Gasteiger partial charge in [0.05, 0.1) is 11.4 Å². The summed E-state index contributed by atoms with van der Waals surface area (Å²) in [5.41, 5.74) is 19.2. The summed E-state index contributed by atoms with van der Waals surface area (Å²) in [5.74, 6) is 0. The molecule has 0 fully saturated rings. The lowest BCUT2D eigenvalue weighted by Crippen LogP contribution is -2.04. The number of aromatic nitrogens is 3. The van der Waals surface area contributed by atoms with Gasteiger partial charge in [0.15, 0.2) is 5.43 Å². The average Bonchev–Trinajstić information content (AvgIpc) is 3.24. The highest BCUT2D eigenvalue weighted by Gasteiger charge is 2.12. The van der Waals surface area contributed by atoms with Gasteiger partial charge in [0.25, 0.3) is 0 Å². The van der Waals surface area contributed by atoms with Crippen molar-refractivity contribution in [2.75, 3.05) is 0 Å². The number of rotatable bonds is 11. The fraction of sp³-hybridized carbons (Fsp3) is 0.135. The van der Waals surface area contributed by atoms with Gasteiger partial charge in [-0.05, 0) is 120 Å². The van der Waals surface area contributed by atoms with E-state index in [2.05, 4.69) is 168 Å². The maximum atomic E-state index is 12.3. The van der Waals surface area contributed by atoms with Crippen molar-refractivity contribution in [2.24, 2.45) is 0 Å². The summed E-state index contributed by atoms with van der Waals surface area (Å²) in [5, 5.41) is 0. The van der Waals surface area contributed by atoms with E-state index >= 15 is 0 Å². The highest BCUT2D eigenvalue weighted by molar-refractivity contribution is 5.84. The van der Waals surface area contributed by atoms with Gasteiger partial charge < -0.3 is 4.98 Å². The number of aryl methyl sites for hydroxylation is 7. The monoisotopic (exact) mass is 727 g/mol. The minimum absolute atomic E-state index is 0.0389. The third-order valence-corrected chi connectivity index (χ3v) is 10.6. The van der Waals surface area contributed by atoms with E-state index in [0.29, 0.717) is 5.56 Å². The van der Waals surface area contributed by atoms with Gasteiger partial charge in [0.1, 0.15) is 0 Å². The predicted octanol–water partition coefficient (Wildman–Crippen LogP) is 12.0. The molecule has 0 atom stereocenters. The molecule has 0 aliphatic carbocycles. The van der Waals surface area contributed by atoms with Crippen LogP contribution in [0.3, 0.4) is 0 Å². The van der Waals surface area contributed by atoms with Gasteiger partial charge in [-0.2, -0.15) is 0 Å². The summed E-state index contributed by atoms with van der Waals surface area (Å²) in [6.07, 6.45) is 9.40. The Morgan fingerprint density at radius 2 is 0.911 bits per heavy atom. The van der Waals surface area contributed by atoms with Gasteiger partial charge in [0, 0.05) is 47.0 Å². The molecule has 5 aromatic carbocycles. The molecule has 0 bridgehead atoms. The number of nitrogens with one attached hydrogen (secondary N) is 1. The zero-order valence-electron chi connectivity index (χ0n) is 32.2. The number of benzene rings is 5. The van der Waals surface area contributed by atoms with E-state index in [0.717, 1.165) is 76.1 Å². The molecule has 0 unspecified atom stereocenters. The first kappa shape index (κ1) is 36.3. The molecule has 0 radical (unpaired) electrons. The standard InChI is InChI=1S/C52H45N3O/c1-35-8-26-49(53-32-35)43-18-14-38(15-19-43)10-12-40-28-41(13-11-39-16-20-44(21-17-39)50-27-9-36(2)33-54-50)30-46(29-40)48-7-5-4-6-47(48)42-22-24-45(25-23-42)51-31-52(56)37(3)34-55-51/h4-9,14-34H,10-13H2,1-3H3,(H,55,56). The molecule has 0 spiro atoms. The summed E-state index contributed by atoms with van der Waals surface area (Å²) in [7, 11) is 0. The third kappa shape index (κ3) is 8.51. The lowest BCUT2D eigenvalue weighted by atomic mass is 9.90. The lowest BCUT2D eigenvalue weighted by molar-refractivity contribution is 0.931. The zero-order valence-corrected chi connectivity index (χ0v) is 32.2. The minimum Gasteiger partial charge on any atom is -0.361 e. The molecule has 4 heteroatoms. The summed E-state index contributed by atoms with van der Waals surface area (Å²) in [6.45, 7) is 5.96. The number of hydrogen-bond acceptors (Lipinski definition) is 3. The molecular weight excluding hydrogens is 683 g/mol.